The summed E-state index contributed by atoms with van der Waals surface area (Å²) in [6, 6.07) is 5.22. The molecule has 0 aliphatic heterocycles. The van der Waals surface area contributed by atoms with Gasteiger partial charge in [-0.3, -0.25) is 10.1 Å². The number of halogens is 1. The van der Waals surface area contributed by atoms with Gasteiger partial charge < -0.3 is 0 Å². The number of hydrogen-bond acceptors (Lipinski definition) is 4. The van der Waals surface area contributed by atoms with Gasteiger partial charge in [0.2, 0.25) is 5.95 Å². The van der Waals surface area contributed by atoms with Crippen LogP contribution in [-0.4, -0.2) is 20.9 Å². The number of amides is 1. The number of carbonyl (C=O) groups excluding carboxylic acids is 1. The van der Waals surface area contributed by atoms with E-state index in [-0.39, 0.29) is 5.91 Å². The lowest BCUT2D eigenvalue weighted by Crippen LogP contribution is -2.16. The summed E-state index contributed by atoms with van der Waals surface area (Å²) >= 11 is 3.26. The summed E-state index contributed by atoms with van der Waals surface area (Å²) < 4.78 is 0.821. The summed E-state index contributed by atoms with van der Waals surface area (Å²) in [5, 5.41) is 2.62. The summed E-state index contributed by atoms with van der Waals surface area (Å²) in [7, 11) is 0. The standard InChI is InChI=1S/C12H11BrN4O/c1-7-5-8(2)16-12(15-7)17-11(18)10-4-3-9(13)6-14-10/h3-6H,1-2H3,(H,15,16,17,18). The lowest BCUT2D eigenvalue weighted by atomic mass is 10.3. The van der Waals surface area contributed by atoms with Crippen molar-refractivity contribution >= 4 is 27.8 Å². The van der Waals surface area contributed by atoms with Gasteiger partial charge in [-0.1, -0.05) is 0 Å². The van der Waals surface area contributed by atoms with Gasteiger partial charge in [0, 0.05) is 22.1 Å². The molecule has 0 unspecified atom stereocenters. The molecular weight excluding hydrogens is 296 g/mol. The van der Waals surface area contributed by atoms with E-state index in [2.05, 4.69) is 36.2 Å². The van der Waals surface area contributed by atoms with Gasteiger partial charge in [-0.25, -0.2) is 15.0 Å². The van der Waals surface area contributed by atoms with Crippen molar-refractivity contribution < 1.29 is 4.79 Å². The molecular formula is C12H11BrN4O. The molecule has 92 valence electrons. The Balaban J connectivity index is 2.18. The van der Waals surface area contributed by atoms with Gasteiger partial charge in [-0.05, 0) is 48.0 Å². The molecule has 1 N–H and O–H groups in total. The van der Waals surface area contributed by atoms with Crippen molar-refractivity contribution in [3.8, 4) is 0 Å². The first kappa shape index (κ1) is 12.6. The number of carbonyl (C=O) groups is 1. The van der Waals surface area contributed by atoms with E-state index in [1.807, 2.05) is 19.9 Å². The quantitative estimate of drug-likeness (QED) is 0.925. The second-order valence-electron chi connectivity index (χ2n) is 3.79. The molecule has 0 atom stereocenters. The monoisotopic (exact) mass is 306 g/mol. The maximum Gasteiger partial charge on any atom is 0.276 e. The summed E-state index contributed by atoms with van der Waals surface area (Å²) in [5.41, 5.74) is 1.93. The Morgan fingerprint density at radius 3 is 2.44 bits per heavy atom. The number of anilines is 1. The van der Waals surface area contributed by atoms with Crippen LogP contribution in [0.25, 0.3) is 0 Å². The Bertz CT molecular complexity index is 563. The predicted molar refractivity (Wildman–Crippen MR) is 71.4 cm³/mol. The fraction of sp³-hybridized carbons (Fsp3) is 0.167. The Labute approximate surface area is 113 Å². The van der Waals surface area contributed by atoms with Crippen molar-refractivity contribution in [2.75, 3.05) is 5.32 Å². The van der Waals surface area contributed by atoms with Crippen LogP contribution in [0.5, 0.6) is 0 Å². The molecule has 0 bridgehead atoms. The first-order valence-corrected chi connectivity index (χ1v) is 6.09. The largest absolute Gasteiger partial charge is 0.289 e. The van der Waals surface area contributed by atoms with Crippen molar-refractivity contribution in [1.29, 1.82) is 0 Å². The van der Waals surface area contributed by atoms with Crippen LogP contribution in [0, 0.1) is 13.8 Å². The van der Waals surface area contributed by atoms with E-state index < -0.39 is 0 Å². The SMILES string of the molecule is Cc1cc(C)nc(NC(=O)c2ccc(Br)cn2)n1. The van der Waals surface area contributed by atoms with E-state index in [0.29, 0.717) is 11.6 Å². The maximum absolute atomic E-state index is 11.9. The molecule has 2 heterocycles. The smallest absolute Gasteiger partial charge is 0.276 e. The van der Waals surface area contributed by atoms with Crippen LogP contribution in [0.15, 0.2) is 28.9 Å². The van der Waals surface area contributed by atoms with Gasteiger partial charge >= 0.3 is 0 Å². The number of nitrogens with zero attached hydrogens (tertiary/aromatic N) is 3. The van der Waals surface area contributed by atoms with Crippen LogP contribution in [0.1, 0.15) is 21.9 Å². The van der Waals surface area contributed by atoms with Gasteiger partial charge in [-0.2, -0.15) is 0 Å². The number of rotatable bonds is 2. The van der Waals surface area contributed by atoms with Crippen LogP contribution >= 0.6 is 15.9 Å². The highest BCUT2D eigenvalue weighted by Gasteiger charge is 2.09. The molecule has 1 amide bonds. The van der Waals surface area contributed by atoms with Gasteiger partial charge in [0.25, 0.3) is 5.91 Å². The molecule has 2 aromatic heterocycles. The molecule has 2 aromatic rings. The maximum atomic E-state index is 11.9. The van der Waals surface area contributed by atoms with Crippen LogP contribution in [0.2, 0.25) is 0 Å². The fourth-order valence-corrected chi connectivity index (χ4v) is 1.69. The highest BCUT2D eigenvalue weighted by Crippen LogP contribution is 2.09. The van der Waals surface area contributed by atoms with Crippen LogP contribution < -0.4 is 5.32 Å². The molecule has 2 rings (SSSR count). The molecule has 0 radical (unpaired) electrons. The zero-order valence-electron chi connectivity index (χ0n) is 9.94. The zero-order valence-corrected chi connectivity index (χ0v) is 11.5. The average molecular weight is 307 g/mol. The van der Waals surface area contributed by atoms with E-state index in [0.717, 1.165) is 15.9 Å². The minimum atomic E-state index is -0.326. The third-order valence-electron chi connectivity index (χ3n) is 2.17. The van der Waals surface area contributed by atoms with Gasteiger partial charge in [0.05, 0.1) is 0 Å². The molecule has 0 saturated carbocycles. The Hall–Kier alpha value is -1.82. The number of aromatic nitrogens is 3. The highest BCUT2D eigenvalue weighted by molar-refractivity contribution is 9.10. The summed E-state index contributed by atoms with van der Waals surface area (Å²) in [4.78, 5) is 24.2. The molecule has 0 saturated heterocycles. The fourth-order valence-electron chi connectivity index (χ4n) is 1.46. The van der Waals surface area contributed by atoms with Crippen molar-refractivity contribution in [2.45, 2.75) is 13.8 Å². The lowest BCUT2D eigenvalue weighted by Gasteiger charge is -2.05. The zero-order chi connectivity index (χ0) is 13.1. The lowest BCUT2D eigenvalue weighted by molar-refractivity contribution is 0.102. The molecule has 18 heavy (non-hydrogen) atoms. The van der Waals surface area contributed by atoms with Crippen LogP contribution in [0.3, 0.4) is 0 Å². The summed E-state index contributed by atoms with van der Waals surface area (Å²) in [6.45, 7) is 3.70. The molecule has 0 aromatic carbocycles. The van der Waals surface area contributed by atoms with E-state index in [4.69, 9.17) is 0 Å². The first-order chi connectivity index (χ1) is 8.54. The summed E-state index contributed by atoms with van der Waals surface area (Å²) in [6.07, 6.45) is 1.57. The second-order valence-corrected chi connectivity index (χ2v) is 4.71. The highest BCUT2D eigenvalue weighted by atomic mass is 79.9. The number of hydrogen-bond donors (Lipinski definition) is 1. The molecule has 0 spiro atoms. The molecule has 0 aliphatic rings. The Morgan fingerprint density at radius 1 is 1.22 bits per heavy atom. The first-order valence-electron chi connectivity index (χ1n) is 5.30. The van der Waals surface area contributed by atoms with Gasteiger partial charge in [0.1, 0.15) is 5.69 Å². The van der Waals surface area contributed by atoms with Crippen molar-refractivity contribution in [3.05, 3.63) is 46.0 Å². The number of nitrogens with one attached hydrogen (secondary N) is 1. The summed E-state index contributed by atoms with van der Waals surface area (Å²) in [5.74, 6) is -0.0327. The van der Waals surface area contributed by atoms with Crippen molar-refractivity contribution in [2.24, 2.45) is 0 Å². The Morgan fingerprint density at radius 2 is 1.89 bits per heavy atom. The van der Waals surface area contributed by atoms with Crippen LogP contribution in [0.4, 0.5) is 5.95 Å². The normalized spacial score (nSPS) is 10.2. The third-order valence-corrected chi connectivity index (χ3v) is 2.64. The second kappa shape index (κ2) is 5.22. The predicted octanol–water partition coefficient (Wildman–Crippen LogP) is 2.50. The minimum Gasteiger partial charge on any atom is -0.289 e. The Kier molecular flexibility index (Phi) is 3.66. The van der Waals surface area contributed by atoms with Crippen LogP contribution in [-0.2, 0) is 0 Å². The van der Waals surface area contributed by atoms with E-state index >= 15 is 0 Å². The van der Waals surface area contributed by atoms with Gasteiger partial charge in [-0.15, -0.1) is 0 Å². The van der Waals surface area contributed by atoms with E-state index in [1.165, 1.54) is 0 Å². The van der Waals surface area contributed by atoms with E-state index in [1.54, 1.807) is 18.3 Å². The van der Waals surface area contributed by atoms with Crippen molar-refractivity contribution in [1.82, 2.24) is 15.0 Å². The molecule has 6 heteroatoms. The number of pyridine rings is 1. The molecule has 0 fully saturated rings. The van der Waals surface area contributed by atoms with Gasteiger partial charge in [0.15, 0.2) is 0 Å². The minimum absolute atomic E-state index is 0.294. The van der Waals surface area contributed by atoms with Crippen molar-refractivity contribution in [3.63, 3.8) is 0 Å². The van der Waals surface area contributed by atoms with E-state index in [9.17, 15) is 4.79 Å². The average Bonchev–Trinajstić information content (AvgIpc) is 2.28. The topological polar surface area (TPSA) is 67.8 Å². The molecule has 5 nitrogen and oxygen atoms in total. The molecule has 0 aliphatic carbocycles. The number of aryl methyl sites for hydroxylation is 2. The third kappa shape index (κ3) is 3.10.